The maximum absolute atomic E-state index is 12.9. The third-order valence-electron chi connectivity index (χ3n) is 1.89. The summed E-state index contributed by atoms with van der Waals surface area (Å²) in [6.07, 6.45) is 3.13. The van der Waals surface area contributed by atoms with Crippen LogP contribution in [0.25, 0.3) is 0 Å². The maximum Gasteiger partial charge on any atom is 0.138 e. The number of aromatic nitrogens is 2. The first-order valence-electron chi connectivity index (χ1n) is 4.69. The summed E-state index contributed by atoms with van der Waals surface area (Å²) in [6.45, 7) is 0. The van der Waals surface area contributed by atoms with Gasteiger partial charge in [-0.05, 0) is 18.2 Å². The standard InChI is InChI=1S/C11H10FN3S/c12-8-2-1-3-10(4-8)16-7-11-14-5-9(13)6-15-11/h1-6H,7,13H2. The van der Waals surface area contributed by atoms with Crippen molar-refractivity contribution >= 4 is 17.4 Å². The molecule has 82 valence electrons. The van der Waals surface area contributed by atoms with Gasteiger partial charge >= 0.3 is 0 Å². The molecule has 0 unspecified atom stereocenters. The molecule has 1 heterocycles. The number of hydrogen-bond acceptors (Lipinski definition) is 4. The number of rotatable bonds is 3. The Hall–Kier alpha value is -1.62. The average Bonchev–Trinajstić information content (AvgIpc) is 2.28. The van der Waals surface area contributed by atoms with Gasteiger partial charge in [0.05, 0.1) is 23.8 Å². The van der Waals surface area contributed by atoms with Crippen molar-refractivity contribution in [3.63, 3.8) is 0 Å². The number of nitrogens with two attached hydrogens (primary N) is 1. The molecule has 0 saturated carbocycles. The molecule has 5 heteroatoms. The van der Waals surface area contributed by atoms with Crippen LogP contribution >= 0.6 is 11.8 Å². The summed E-state index contributed by atoms with van der Waals surface area (Å²) in [4.78, 5) is 8.99. The molecule has 0 aliphatic carbocycles. The number of anilines is 1. The second-order valence-electron chi connectivity index (χ2n) is 3.18. The zero-order chi connectivity index (χ0) is 11.4. The van der Waals surface area contributed by atoms with Crippen LogP contribution in [-0.2, 0) is 5.75 Å². The highest BCUT2D eigenvalue weighted by molar-refractivity contribution is 7.98. The Morgan fingerprint density at radius 3 is 2.69 bits per heavy atom. The molecule has 1 aromatic heterocycles. The minimum atomic E-state index is -0.233. The normalized spacial score (nSPS) is 10.3. The Bertz CT molecular complexity index is 473. The van der Waals surface area contributed by atoms with Crippen LogP contribution in [0.5, 0.6) is 0 Å². The summed E-state index contributed by atoms with van der Waals surface area (Å²) in [7, 11) is 0. The fourth-order valence-electron chi connectivity index (χ4n) is 1.14. The van der Waals surface area contributed by atoms with Gasteiger partial charge in [0, 0.05) is 4.90 Å². The van der Waals surface area contributed by atoms with E-state index in [0.717, 1.165) is 4.90 Å². The Balaban J connectivity index is 1.99. The van der Waals surface area contributed by atoms with Crippen LogP contribution in [0, 0.1) is 5.82 Å². The first-order valence-corrected chi connectivity index (χ1v) is 5.67. The van der Waals surface area contributed by atoms with Crippen LogP contribution in [0.3, 0.4) is 0 Å². The molecule has 2 aromatic rings. The lowest BCUT2D eigenvalue weighted by Gasteiger charge is -2.01. The molecule has 0 fully saturated rings. The highest BCUT2D eigenvalue weighted by atomic mass is 32.2. The molecule has 0 radical (unpaired) electrons. The molecule has 0 atom stereocenters. The zero-order valence-electron chi connectivity index (χ0n) is 8.43. The Labute approximate surface area is 96.9 Å². The minimum absolute atomic E-state index is 0.233. The van der Waals surface area contributed by atoms with Gasteiger partial charge in [0.1, 0.15) is 11.6 Å². The maximum atomic E-state index is 12.9. The van der Waals surface area contributed by atoms with Crippen molar-refractivity contribution in [3.8, 4) is 0 Å². The topological polar surface area (TPSA) is 51.8 Å². The van der Waals surface area contributed by atoms with Gasteiger partial charge < -0.3 is 5.73 Å². The second kappa shape index (κ2) is 4.94. The molecule has 3 nitrogen and oxygen atoms in total. The van der Waals surface area contributed by atoms with Crippen molar-refractivity contribution in [1.29, 1.82) is 0 Å². The van der Waals surface area contributed by atoms with E-state index in [9.17, 15) is 4.39 Å². The van der Waals surface area contributed by atoms with Crippen LogP contribution in [0.15, 0.2) is 41.6 Å². The Kier molecular flexibility index (Phi) is 3.36. The number of nitrogen functional groups attached to an aromatic ring is 1. The van der Waals surface area contributed by atoms with E-state index in [1.807, 2.05) is 6.07 Å². The van der Waals surface area contributed by atoms with Crippen molar-refractivity contribution in [1.82, 2.24) is 9.97 Å². The minimum Gasteiger partial charge on any atom is -0.396 e. The molecule has 2 N–H and O–H groups in total. The summed E-state index contributed by atoms with van der Waals surface area (Å²) >= 11 is 1.49. The molecule has 0 aliphatic rings. The lowest BCUT2D eigenvalue weighted by Crippen LogP contribution is -1.94. The first-order chi connectivity index (χ1) is 7.74. The molecule has 0 bridgehead atoms. The third kappa shape index (κ3) is 2.93. The van der Waals surface area contributed by atoms with Crippen molar-refractivity contribution in [2.75, 3.05) is 5.73 Å². The highest BCUT2D eigenvalue weighted by Crippen LogP contribution is 2.21. The van der Waals surface area contributed by atoms with E-state index in [0.29, 0.717) is 17.3 Å². The summed E-state index contributed by atoms with van der Waals surface area (Å²) < 4.78 is 12.9. The quantitative estimate of drug-likeness (QED) is 0.830. The monoisotopic (exact) mass is 235 g/mol. The van der Waals surface area contributed by atoms with Gasteiger partial charge in [0.2, 0.25) is 0 Å². The molecule has 0 spiro atoms. The summed E-state index contributed by atoms with van der Waals surface area (Å²) in [5.41, 5.74) is 6.01. The smallest absolute Gasteiger partial charge is 0.138 e. The predicted molar refractivity (Wildman–Crippen MR) is 62.4 cm³/mol. The van der Waals surface area contributed by atoms with Gasteiger partial charge in [-0.2, -0.15) is 0 Å². The molecular formula is C11H10FN3S. The molecular weight excluding hydrogens is 225 g/mol. The van der Waals surface area contributed by atoms with Gasteiger partial charge in [-0.3, -0.25) is 0 Å². The average molecular weight is 235 g/mol. The van der Waals surface area contributed by atoms with Gasteiger partial charge in [-0.25, -0.2) is 14.4 Å². The van der Waals surface area contributed by atoms with Crippen LogP contribution in [0.2, 0.25) is 0 Å². The Morgan fingerprint density at radius 1 is 1.25 bits per heavy atom. The van der Waals surface area contributed by atoms with Crippen LogP contribution in [-0.4, -0.2) is 9.97 Å². The number of benzene rings is 1. The van der Waals surface area contributed by atoms with Crippen molar-refractivity contribution < 1.29 is 4.39 Å². The van der Waals surface area contributed by atoms with Gasteiger partial charge in [-0.15, -0.1) is 11.8 Å². The summed E-state index contributed by atoms with van der Waals surface area (Å²) in [5.74, 6) is 1.05. The van der Waals surface area contributed by atoms with E-state index in [4.69, 9.17) is 5.73 Å². The molecule has 0 aliphatic heterocycles. The summed E-state index contributed by atoms with van der Waals surface area (Å²) in [5, 5.41) is 0. The van der Waals surface area contributed by atoms with E-state index in [-0.39, 0.29) is 5.82 Å². The van der Waals surface area contributed by atoms with Crippen molar-refractivity contribution in [2.45, 2.75) is 10.6 Å². The fourth-order valence-corrected chi connectivity index (χ4v) is 1.96. The molecule has 0 saturated heterocycles. The number of nitrogens with zero attached hydrogens (tertiary/aromatic N) is 2. The second-order valence-corrected chi connectivity index (χ2v) is 4.23. The molecule has 2 rings (SSSR count). The Morgan fingerprint density at radius 2 is 2.00 bits per heavy atom. The van der Waals surface area contributed by atoms with E-state index in [1.54, 1.807) is 18.5 Å². The van der Waals surface area contributed by atoms with Crippen LogP contribution < -0.4 is 5.73 Å². The fraction of sp³-hybridized carbons (Fsp3) is 0.0909. The van der Waals surface area contributed by atoms with Gasteiger partial charge in [0.15, 0.2) is 0 Å². The predicted octanol–water partition coefficient (Wildman–Crippen LogP) is 2.49. The third-order valence-corrected chi connectivity index (χ3v) is 2.88. The lowest BCUT2D eigenvalue weighted by molar-refractivity contribution is 0.624. The van der Waals surface area contributed by atoms with Gasteiger partial charge in [0.25, 0.3) is 0 Å². The lowest BCUT2D eigenvalue weighted by atomic mass is 10.4. The number of hydrogen-bond donors (Lipinski definition) is 1. The largest absolute Gasteiger partial charge is 0.396 e. The highest BCUT2D eigenvalue weighted by Gasteiger charge is 1.99. The van der Waals surface area contributed by atoms with Crippen LogP contribution in [0.4, 0.5) is 10.1 Å². The first kappa shape index (κ1) is 10.9. The summed E-state index contributed by atoms with van der Waals surface area (Å²) in [6, 6.07) is 6.44. The van der Waals surface area contributed by atoms with E-state index in [2.05, 4.69) is 9.97 Å². The van der Waals surface area contributed by atoms with Crippen LogP contribution in [0.1, 0.15) is 5.82 Å². The molecule has 1 aromatic carbocycles. The number of halogens is 1. The SMILES string of the molecule is Nc1cnc(CSc2cccc(F)c2)nc1. The number of thioether (sulfide) groups is 1. The van der Waals surface area contributed by atoms with Crippen molar-refractivity contribution in [2.24, 2.45) is 0 Å². The van der Waals surface area contributed by atoms with E-state index < -0.39 is 0 Å². The molecule has 0 amide bonds. The van der Waals surface area contributed by atoms with Gasteiger partial charge in [-0.1, -0.05) is 6.07 Å². The van der Waals surface area contributed by atoms with Crippen molar-refractivity contribution in [3.05, 3.63) is 48.3 Å². The zero-order valence-corrected chi connectivity index (χ0v) is 9.25. The van der Waals surface area contributed by atoms with E-state index >= 15 is 0 Å². The molecule has 16 heavy (non-hydrogen) atoms. The van der Waals surface area contributed by atoms with E-state index in [1.165, 1.54) is 23.9 Å².